The fraction of sp³-hybridized carbons (Fsp3) is 0.803. The van der Waals surface area contributed by atoms with Crippen LogP contribution in [0.5, 0.6) is 0 Å². The van der Waals surface area contributed by atoms with E-state index in [0.29, 0.717) is 12.8 Å². The Balaban J connectivity index is 1.74. The lowest BCUT2D eigenvalue weighted by Crippen LogP contribution is -2.65. The maximum Gasteiger partial charge on any atom is 0.220 e. The van der Waals surface area contributed by atoms with Crippen LogP contribution in [0.15, 0.2) is 72.9 Å². The lowest BCUT2D eigenvalue weighted by Gasteiger charge is -2.46. The molecule has 2 saturated heterocycles. The van der Waals surface area contributed by atoms with Gasteiger partial charge in [0, 0.05) is 6.42 Å². The Bertz CT molecular complexity index is 1620. The van der Waals surface area contributed by atoms with E-state index in [0.717, 1.165) is 83.5 Å². The summed E-state index contributed by atoms with van der Waals surface area (Å²) in [5.74, 6) is -0.265. The van der Waals surface area contributed by atoms with Gasteiger partial charge in [-0.2, -0.15) is 0 Å². The molecule has 80 heavy (non-hydrogen) atoms. The van der Waals surface area contributed by atoms with E-state index in [1.165, 1.54) is 128 Å². The monoisotopic (exact) mass is 1130 g/mol. The maximum atomic E-state index is 13.3. The average molecular weight is 1130 g/mol. The molecule has 0 aromatic heterocycles. The number of allylic oxidation sites excluding steroid dienone is 11. The molecule has 0 spiro atoms. The number of carbonyl (C=O) groups is 1. The van der Waals surface area contributed by atoms with Gasteiger partial charge in [0.05, 0.1) is 32.0 Å². The van der Waals surface area contributed by atoms with Crippen LogP contribution in [-0.4, -0.2) is 140 Å². The van der Waals surface area contributed by atoms with Crippen molar-refractivity contribution in [3.05, 3.63) is 72.9 Å². The number of carbonyl (C=O) groups excluding carboxylic acids is 1. The highest BCUT2D eigenvalue weighted by Crippen LogP contribution is 2.30. The van der Waals surface area contributed by atoms with Crippen LogP contribution in [0.25, 0.3) is 0 Å². The van der Waals surface area contributed by atoms with E-state index in [9.17, 15) is 45.6 Å². The van der Waals surface area contributed by atoms with Gasteiger partial charge in [0.15, 0.2) is 12.6 Å². The molecule has 2 fully saturated rings. The molecule has 9 N–H and O–H groups in total. The first-order valence-electron chi connectivity index (χ1n) is 32.2. The lowest BCUT2D eigenvalue weighted by molar-refractivity contribution is -0.359. The average Bonchev–Trinajstić information content (AvgIpc) is 3.49. The first-order valence-corrected chi connectivity index (χ1v) is 32.2. The minimum atomic E-state index is -1.80. The van der Waals surface area contributed by atoms with Gasteiger partial charge in [-0.05, 0) is 77.0 Å². The van der Waals surface area contributed by atoms with E-state index in [4.69, 9.17) is 18.9 Å². The summed E-state index contributed by atoms with van der Waals surface area (Å²) >= 11 is 0. The second kappa shape index (κ2) is 50.9. The van der Waals surface area contributed by atoms with Gasteiger partial charge in [0.2, 0.25) is 5.91 Å². The number of aliphatic hydroxyl groups excluding tert-OH is 8. The Labute approximate surface area is 485 Å². The topological polar surface area (TPSA) is 228 Å². The number of hydrogen-bond donors (Lipinski definition) is 9. The van der Waals surface area contributed by atoms with E-state index >= 15 is 0 Å². The Morgan fingerprint density at radius 2 is 0.875 bits per heavy atom. The molecular weight excluding hydrogens is 1010 g/mol. The van der Waals surface area contributed by atoms with Gasteiger partial charge in [-0.3, -0.25) is 4.79 Å². The maximum absolute atomic E-state index is 13.3. The van der Waals surface area contributed by atoms with Crippen molar-refractivity contribution in [2.24, 2.45) is 0 Å². The third-order valence-electron chi connectivity index (χ3n) is 15.4. The highest BCUT2D eigenvalue weighted by molar-refractivity contribution is 5.76. The van der Waals surface area contributed by atoms with Crippen LogP contribution in [0.2, 0.25) is 0 Å². The zero-order chi connectivity index (χ0) is 58.1. The van der Waals surface area contributed by atoms with Crippen LogP contribution in [0.3, 0.4) is 0 Å². The molecule has 2 rings (SSSR count). The van der Waals surface area contributed by atoms with E-state index in [1.54, 1.807) is 6.08 Å². The van der Waals surface area contributed by atoms with Crippen LogP contribution in [0.1, 0.15) is 245 Å². The molecule has 12 unspecified atom stereocenters. The molecular formula is C66H117NO13. The summed E-state index contributed by atoms with van der Waals surface area (Å²) in [6.45, 7) is 2.67. The summed E-state index contributed by atoms with van der Waals surface area (Å²) in [5.41, 5.74) is 0. The Hall–Kier alpha value is -2.57. The highest BCUT2D eigenvalue weighted by atomic mass is 16.7. The first kappa shape index (κ1) is 73.5. The zero-order valence-electron chi connectivity index (χ0n) is 50.1. The van der Waals surface area contributed by atoms with Crippen LogP contribution in [0, 0.1) is 0 Å². The molecule has 0 aromatic carbocycles. The van der Waals surface area contributed by atoms with Gasteiger partial charge >= 0.3 is 0 Å². The van der Waals surface area contributed by atoms with E-state index < -0.39 is 86.8 Å². The van der Waals surface area contributed by atoms with Crippen LogP contribution in [-0.2, 0) is 23.7 Å². The van der Waals surface area contributed by atoms with Gasteiger partial charge in [-0.1, -0.05) is 234 Å². The lowest BCUT2D eigenvalue weighted by atomic mass is 9.97. The van der Waals surface area contributed by atoms with E-state index in [2.05, 4.69) is 79.9 Å². The second-order valence-electron chi connectivity index (χ2n) is 22.5. The Morgan fingerprint density at radius 1 is 0.463 bits per heavy atom. The summed E-state index contributed by atoms with van der Waals surface area (Å²) < 4.78 is 22.8. The summed E-state index contributed by atoms with van der Waals surface area (Å²) in [6, 6.07) is -0.948. The summed E-state index contributed by atoms with van der Waals surface area (Å²) in [4.78, 5) is 13.3. The largest absolute Gasteiger partial charge is 0.394 e. The first-order chi connectivity index (χ1) is 39.1. The normalized spacial score (nSPS) is 24.7. The zero-order valence-corrected chi connectivity index (χ0v) is 50.1. The van der Waals surface area contributed by atoms with Gasteiger partial charge in [0.25, 0.3) is 0 Å². The molecule has 0 saturated carbocycles. The molecule has 0 radical (unpaired) electrons. The van der Waals surface area contributed by atoms with Crippen molar-refractivity contribution in [1.82, 2.24) is 5.32 Å². The summed E-state index contributed by atoms with van der Waals surface area (Å²) in [6.07, 6.45) is 51.0. The Kier molecular flexibility index (Phi) is 46.8. The number of nitrogens with one attached hydrogen (secondary N) is 1. The van der Waals surface area contributed by atoms with Crippen molar-refractivity contribution in [2.45, 2.75) is 319 Å². The molecule has 0 bridgehead atoms. The van der Waals surface area contributed by atoms with Crippen molar-refractivity contribution < 1.29 is 64.6 Å². The number of hydrogen-bond acceptors (Lipinski definition) is 13. The Morgan fingerprint density at radius 3 is 1.38 bits per heavy atom. The van der Waals surface area contributed by atoms with Crippen LogP contribution >= 0.6 is 0 Å². The van der Waals surface area contributed by atoms with Crippen LogP contribution < -0.4 is 5.32 Å². The second-order valence-corrected chi connectivity index (χ2v) is 22.5. The van der Waals surface area contributed by atoms with Gasteiger partial charge in [-0.15, -0.1) is 0 Å². The van der Waals surface area contributed by atoms with Crippen molar-refractivity contribution in [1.29, 1.82) is 0 Å². The standard InChI is InChI=1S/C66H117NO13/c1-3-5-7-9-11-13-15-17-19-21-22-23-24-25-26-27-28-29-30-31-32-34-35-37-39-41-43-45-47-49-55(70)54(67-58(71)50-48-46-44-42-40-38-36-33-20-18-16-14-12-10-8-6-4-2)53-77-65-63(76)61(74)64(57(52-69)79-65)80-66-62(75)60(73)59(72)56(51-68)78-66/h6,8,12,14,18,20,32,34,39,41,47,49,54-57,59-66,68-70,72-76H,3-5,7,9-11,13,15-17,19,21-31,33,35-38,40,42-46,48,50-53H2,1-2H3,(H,67,71)/b8-6-,14-12-,20-18-,34-32+,41-39+,49-47+. The number of rotatable bonds is 51. The summed E-state index contributed by atoms with van der Waals surface area (Å²) in [5, 5.41) is 87.2. The molecule has 2 aliphatic heterocycles. The molecule has 14 nitrogen and oxygen atoms in total. The van der Waals surface area contributed by atoms with Crippen molar-refractivity contribution in [3.8, 4) is 0 Å². The summed E-state index contributed by atoms with van der Waals surface area (Å²) in [7, 11) is 0. The van der Waals surface area contributed by atoms with Crippen molar-refractivity contribution in [2.75, 3.05) is 19.8 Å². The smallest absolute Gasteiger partial charge is 0.220 e. The molecule has 0 aliphatic carbocycles. The molecule has 2 aliphatic rings. The van der Waals surface area contributed by atoms with Crippen molar-refractivity contribution in [3.63, 3.8) is 0 Å². The van der Waals surface area contributed by atoms with Crippen molar-refractivity contribution >= 4 is 5.91 Å². The minimum Gasteiger partial charge on any atom is -0.394 e. The fourth-order valence-corrected chi connectivity index (χ4v) is 10.2. The molecule has 0 aromatic rings. The van der Waals surface area contributed by atoms with E-state index in [-0.39, 0.29) is 18.9 Å². The molecule has 1 amide bonds. The highest BCUT2D eigenvalue weighted by Gasteiger charge is 2.51. The number of amides is 1. The van der Waals surface area contributed by atoms with E-state index in [1.807, 2.05) is 6.08 Å². The SMILES string of the molecule is CC/C=C\C/C=C\C/C=C\CCCCCCCCCC(=O)NC(COC1OC(CO)C(OC2OC(CO)C(O)C(O)C2O)C(O)C1O)C(O)/C=C/CC/C=C/CC/C=C/CCCCCCCCCCCCCCCCCCCCC. The number of aliphatic hydroxyl groups is 8. The fourth-order valence-electron chi connectivity index (χ4n) is 10.2. The minimum absolute atomic E-state index is 0.255. The quantitative estimate of drug-likeness (QED) is 0.0204. The van der Waals surface area contributed by atoms with Gasteiger partial charge in [-0.25, -0.2) is 0 Å². The molecule has 12 atom stereocenters. The molecule has 14 heteroatoms. The third kappa shape index (κ3) is 35.5. The number of unbranched alkanes of at least 4 members (excludes halogenated alkanes) is 28. The molecule has 464 valence electrons. The van der Waals surface area contributed by atoms with Crippen LogP contribution in [0.4, 0.5) is 0 Å². The van der Waals surface area contributed by atoms with Gasteiger partial charge < -0.3 is 65.1 Å². The molecule has 2 heterocycles. The third-order valence-corrected chi connectivity index (χ3v) is 15.4. The van der Waals surface area contributed by atoms with Gasteiger partial charge in [0.1, 0.15) is 48.8 Å². The predicted molar refractivity (Wildman–Crippen MR) is 323 cm³/mol. The predicted octanol–water partition coefficient (Wildman–Crippen LogP) is 11.9. The number of ether oxygens (including phenoxy) is 4.